The SMILES string of the molecule is COc1ccccc1NC(=O)[C@@H](Cc1ccccc1)NS(=O)(=O)c1ccc(OC)c(OC)c1. The number of para-hydroxylation sites is 2. The Hall–Kier alpha value is -3.56. The highest BCUT2D eigenvalue weighted by molar-refractivity contribution is 7.89. The maximum Gasteiger partial charge on any atom is 0.243 e. The van der Waals surface area contributed by atoms with Gasteiger partial charge in [-0.2, -0.15) is 4.72 Å². The number of anilines is 1. The average molecular weight is 471 g/mol. The molecule has 0 aromatic heterocycles. The van der Waals surface area contributed by atoms with Gasteiger partial charge in [-0.05, 0) is 36.2 Å². The van der Waals surface area contributed by atoms with E-state index in [0.717, 1.165) is 5.56 Å². The molecule has 3 rings (SSSR count). The molecule has 9 heteroatoms. The first-order valence-corrected chi connectivity index (χ1v) is 11.6. The van der Waals surface area contributed by atoms with Gasteiger partial charge in [0, 0.05) is 6.07 Å². The molecule has 0 saturated heterocycles. The molecular weight excluding hydrogens is 444 g/mol. The Morgan fingerprint density at radius 3 is 2.12 bits per heavy atom. The monoisotopic (exact) mass is 470 g/mol. The quantitative estimate of drug-likeness (QED) is 0.472. The van der Waals surface area contributed by atoms with Gasteiger partial charge in [-0.3, -0.25) is 4.79 Å². The van der Waals surface area contributed by atoms with Gasteiger partial charge < -0.3 is 19.5 Å². The number of methoxy groups -OCH3 is 3. The van der Waals surface area contributed by atoms with Crippen molar-refractivity contribution in [3.63, 3.8) is 0 Å². The number of carbonyl (C=O) groups excluding carboxylic acids is 1. The van der Waals surface area contributed by atoms with Gasteiger partial charge in [0.25, 0.3) is 0 Å². The molecule has 2 N–H and O–H groups in total. The Bertz CT molecular complexity index is 1200. The van der Waals surface area contributed by atoms with Crippen molar-refractivity contribution in [1.29, 1.82) is 0 Å². The highest BCUT2D eigenvalue weighted by Gasteiger charge is 2.27. The molecule has 0 radical (unpaired) electrons. The van der Waals surface area contributed by atoms with Crippen molar-refractivity contribution in [2.45, 2.75) is 17.4 Å². The van der Waals surface area contributed by atoms with Crippen molar-refractivity contribution in [3.05, 3.63) is 78.4 Å². The summed E-state index contributed by atoms with van der Waals surface area (Å²) < 4.78 is 44.5. The predicted molar refractivity (Wildman–Crippen MR) is 125 cm³/mol. The number of ether oxygens (including phenoxy) is 3. The van der Waals surface area contributed by atoms with Gasteiger partial charge >= 0.3 is 0 Å². The molecule has 1 amide bonds. The second kappa shape index (κ2) is 10.8. The van der Waals surface area contributed by atoms with Crippen molar-refractivity contribution < 1.29 is 27.4 Å². The van der Waals surface area contributed by atoms with Crippen molar-refractivity contribution >= 4 is 21.6 Å². The average Bonchev–Trinajstić information content (AvgIpc) is 2.84. The van der Waals surface area contributed by atoms with E-state index < -0.39 is 22.0 Å². The summed E-state index contributed by atoms with van der Waals surface area (Å²) in [6, 6.07) is 19.2. The van der Waals surface area contributed by atoms with E-state index in [0.29, 0.717) is 17.2 Å². The minimum Gasteiger partial charge on any atom is -0.495 e. The zero-order valence-corrected chi connectivity index (χ0v) is 19.4. The van der Waals surface area contributed by atoms with Crippen molar-refractivity contribution in [3.8, 4) is 17.2 Å². The lowest BCUT2D eigenvalue weighted by molar-refractivity contribution is -0.117. The standard InChI is InChI=1S/C24H26N2O6S/c1-30-21-12-8-7-11-19(21)25-24(27)20(15-17-9-5-4-6-10-17)26-33(28,29)18-13-14-22(31-2)23(16-18)32-3/h4-14,16,20,26H,15H2,1-3H3,(H,25,27)/t20-/m1/s1. The lowest BCUT2D eigenvalue weighted by atomic mass is 10.1. The summed E-state index contributed by atoms with van der Waals surface area (Å²) in [5.74, 6) is 0.601. The molecule has 3 aromatic rings. The third-order valence-electron chi connectivity index (χ3n) is 4.93. The molecule has 1 atom stereocenters. The van der Waals surface area contributed by atoms with Crippen LogP contribution in [0.15, 0.2) is 77.7 Å². The van der Waals surface area contributed by atoms with Crippen molar-refractivity contribution in [1.82, 2.24) is 4.72 Å². The maximum atomic E-state index is 13.2. The van der Waals surface area contributed by atoms with Crippen LogP contribution < -0.4 is 24.2 Å². The van der Waals surface area contributed by atoms with Crippen LogP contribution in [0.2, 0.25) is 0 Å². The zero-order valence-electron chi connectivity index (χ0n) is 18.6. The van der Waals surface area contributed by atoms with E-state index in [9.17, 15) is 13.2 Å². The largest absolute Gasteiger partial charge is 0.495 e. The molecule has 0 aliphatic carbocycles. The van der Waals surface area contributed by atoms with E-state index >= 15 is 0 Å². The van der Waals surface area contributed by atoms with Crippen LogP contribution >= 0.6 is 0 Å². The molecule has 0 fully saturated rings. The van der Waals surface area contributed by atoms with E-state index in [1.807, 2.05) is 30.3 Å². The maximum absolute atomic E-state index is 13.2. The number of benzene rings is 3. The number of rotatable bonds is 10. The molecule has 8 nitrogen and oxygen atoms in total. The molecular formula is C24H26N2O6S. The number of carbonyl (C=O) groups is 1. The van der Waals surface area contributed by atoms with E-state index in [1.165, 1.54) is 39.5 Å². The molecule has 0 saturated carbocycles. The van der Waals surface area contributed by atoms with Crippen LogP contribution in [0.1, 0.15) is 5.56 Å². The minimum atomic E-state index is -4.07. The smallest absolute Gasteiger partial charge is 0.243 e. The van der Waals surface area contributed by atoms with Gasteiger partial charge in [0.2, 0.25) is 15.9 Å². The number of nitrogens with one attached hydrogen (secondary N) is 2. The molecule has 174 valence electrons. The van der Waals surface area contributed by atoms with Gasteiger partial charge in [-0.15, -0.1) is 0 Å². The molecule has 3 aromatic carbocycles. The molecule has 0 unspecified atom stereocenters. The van der Waals surface area contributed by atoms with Gasteiger partial charge in [0.1, 0.15) is 11.8 Å². The highest BCUT2D eigenvalue weighted by Crippen LogP contribution is 2.29. The summed E-state index contributed by atoms with van der Waals surface area (Å²) in [5.41, 5.74) is 1.24. The van der Waals surface area contributed by atoms with E-state index in [1.54, 1.807) is 24.3 Å². The summed E-state index contributed by atoms with van der Waals surface area (Å²) in [6.45, 7) is 0. The second-order valence-electron chi connectivity index (χ2n) is 7.07. The lowest BCUT2D eigenvalue weighted by Crippen LogP contribution is -2.45. The van der Waals surface area contributed by atoms with Gasteiger partial charge in [-0.25, -0.2) is 8.42 Å². The van der Waals surface area contributed by atoms with E-state index in [-0.39, 0.29) is 17.1 Å². The molecule has 0 bridgehead atoms. The lowest BCUT2D eigenvalue weighted by Gasteiger charge is -2.20. The first-order chi connectivity index (χ1) is 15.9. The number of hydrogen-bond donors (Lipinski definition) is 2. The van der Waals surface area contributed by atoms with Crippen LogP contribution in [0.3, 0.4) is 0 Å². The Morgan fingerprint density at radius 2 is 1.45 bits per heavy atom. The molecule has 33 heavy (non-hydrogen) atoms. The predicted octanol–water partition coefficient (Wildman–Crippen LogP) is 3.24. The molecule has 0 aliphatic rings. The molecule has 0 aliphatic heterocycles. The Labute approximate surface area is 193 Å². The normalized spacial score (nSPS) is 12.0. The van der Waals surface area contributed by atoms with Gasteiger partial charge in [0.15, 0.2) is 11.5 Å². The summed E-state index contributed by atoms with van der Waals surface area (Å²) in [4.78, 5) is 13.1. The summed E-state index contributed by atoms with van der Waals surface area (Å²) in [6.07, 6.45) is 0.147. The van der Waals surface area contributed by atoms with Gasteiger partial charge in [-0.1, -0.05) is 42.5 Å². The number of hydrogen-bond acceptors (Lipinski definition) is 6. The van der Waals surface area contributed by atoms with Crippen molar-refractivity contribution in [2.24, 2.45) is 0 Å². The third-order valence-corrected chi connectivity index (χ3v) is 6.40. The molecule has 0 spiro atoms. The van der Waals surface area contributed by atoms with Crippen molar-refractivity contribution in [2.75, 3.05) is 26.6 Å². The fourth-order valence-electron chi connectivity index (χ4n) is 3.24. The summed E-state index contributed by atoms with van der Waals surface area (Å²) in [7, 11) is 0.302. The molecule has 0 heterocycles. The van der Waals surface area contributed by atoms with Crippen LogP contribution in [-0.4, -0.2) is 41.7 Å². The first-order valence-electron chi connectivity index (χ1n) is 10.1. The Morgan fingerprint density at radius 1 is 0.818 bits per heavy atom. The minimum absolute atomic E-state index is 0.0525. The highest BCUT2D eigenvalue weighted by atomic mass is 32.2. The second-order valence-corrected chi connectivity index (χ2v) is 8.78. The fraction of sp³-hybridized carbons (Fsp3) is 0.208. The summed E-state index contributed by atoms with van der Waals surface area (Å²) in [5, 5.41) is 2.76. The van der Waals surface area contributed by atoms with Crippen LogP contribution in [0.4, 0.5) is 5.69 Å². The summed E-state index contributed by atoms with van der Waals surface area (Å²) >= 11 is 0. The first kappa shape index (κ1) is 24.1. The van der Waals surface area contributed by atoms with Crippen LogP contribution in [0, 0.1) is 0 Å². The number of amides is 1. The Kier molecular flexibility index (Phi) is 7.92. The van der Waals surface area contributed by atoms with Gasteiger partial charge in [0.05, 0.1) is 31.9 Å². The zero-order chi connectivity index (χ0) is 23.8. The van der Waals surface area contributed by atoms with Crippen LogP contribution in [-0.2, 0) is 21.2 Å². The fourth-order valence-corrected chi connectivity index (χ4v) is 4.45. The van der Waals surface area contributed by atoms with Crippen LogP contribution in [0.5, 0.6) is 17.2 Å². The third kappa shape index (κ3) is 6.03. The topological polar surface area (TPSA) is 103 Å². The number of sulfonamides is 1. The van der Waals surface area contributed by atoms with Crippen LogP contribution in [0.25, 0.3) is 0 Å². The van der Waals surface area contributed by atoms with E-state index in [2.05, 4.69) is 10.0 Å². The Balaban J connectivity index is 1.91. The van der Waals surface area contributed by atoms with E-state index in [4.69, 9.17) is 14.2 Å².